The second-order valence-corrected chi connectivity index (χ2v) is 4.88. The molecule has 94 valence electrons. The van der Waals surface area contributed by atoms with Gasteiger partial charge in [-0.05, 0) is 48.0 Å². The predicted molar refractivity (Wildman–Crippen MR) is 72.3 cm³/mol. The standard InChI is InChI=1S/C13H13BrN2O2/c1-8-13(9(2)16(3)15-8)18-11-5-4-10(7-17)12(14)6-11/h4-7H,1-3H3. The summed E-state index contributed by atoms with van der Waals surface area (Å²) >= 11 is 3.33. The Morgan fingerprint density at radius 2 is 2.11 bits per heavy atom. The van der Waals surface area contributed by atoms with Crippen molar-refractivity contribution in [2.75, 3.05) is 0 Å². The Hall–Kier alpha value is -1.62. The number of ether oxygens (including phenoxy) is 1. The summed E-state index contributed by atoms with van der Waals surface area (Å²) in [6, 6.07) is 5.25. The number of benzene rings is 1. The maximum Gasteiger partial charge on any atom is 0.171 e. The van der Waals surface area contributed by atoms with E-state index in [0.717, 1.165) is 23.4 Å². The first-order valence-corrected chi connectivity index (χ1v) is 6.25. The van der Waals surface area contributed by atoms with E-state index < -0.39 is 0 Å². The number of hydrogen-bond acceptors (Lipinski definition) is 3. The zero-order chi connectivity index (χ0) is 13.3. The number of rotatable bonds is 3. The topological polar surface area (TPSA) is 44.1 Å². The molecular formula is C13H13BrN2O2. The van der Waals surface area contributed by atoms with E-state index >= 15 is 0 Å². The van der Waals surface area contributed by atoms with Crippen molar-refractivity contribution in [1.29, 1.82) is 0 Å². The van der Waals surface area contributed by atoms with Crippen LogP contribution in [0.5, 0.6) is 11.5 Å². The van der Waals surface area contributed by atoms with E-state index in [1.54, 1.807) is 22.9 Å². The van der Waals surface area contributed by atoms with Gasteiger partial charge in [0.1, 0.15) is 11.4 Å². The minimum absolute atomic E-state index is 0.599. The average molecular weight is 309 g/mol. The minimum Gasteiger partial charge on any atom is -0.453 e. The molecule has 0 saturated heterocycles. The van der Waals surface area contributed by atoms with E-state index in [0.29, 0.717) is 15.8 Å². The Bertz CT molecular complexity index is 605. The second-order valence-electron chi connectivity index (χ2n) is 4.03. The summed E-state index contributed by atoms with van der Waals surface area (Å²) in [6.07, 6.45) is 0.800. The zero-order valence-corrected chi connectivity index (χ0v) is 12.0. The van der Waals surface area contributed by atoms with Gasteiger partial charge in [-0.1, -0.05) is 0 Å². The fourth-order valence-electron chi connectivity index (χ4n) is 1.69. The number of aryl methyl sites for hydroxylation is 2. The van der Waals surface area contributed by atoms with Gasteiger partial charge in [0.2, 0.25) is 0 Å². The van der Waals surface area contributed by atoms with E-state index in [4.69, 9.17) is 4.74 Å². The highest BCUT2D eigenvalue weighted by Gasteiger charge is 2.12. The Balaban J connectivity index is 2.34. The number of carbonyl (C=O) groups is 1. The number of aldehydes is 1. The molecule has 0 spiro atoms. The first-order chi connectivity index (χ1) is 8.52. The molecule has 0 fully saturated rings. The van der Waals surface area contributed by atoms with Crippen LogP contribution < -0.4 is 4.74 Å². The number of halogens is 1. The summed E-state index contributed by atoms with van der Waals surface area (Å²) < 4.78 is 8.31. The Kier molecular flexibility index (Phi) is 3.52. The average Bonchev–Trinajstić information content (AvgIpc) is 2.56. The zero-order valence-electron chi connectivity index (χ0n) is 10.4. The lowest BCUT2D eigenvalue weighted by Crippen LogP contribution is -1.93. The molecular weight excluding hydrogens is 296 g/mol. The van der Waals surface area contributed by atoms with Crippen LogP contribution in [0.1, 0.15) is 21.7 Å². The molecule has 0 saturated carbocycles. The summed E-state index contributed by atoms with van der Waals surface area (Å²) in [5, 5.41) is 4.29. The molecule has 1 aromatic heterocycles. The summed E-state index contributed by atoms with van der Waals surface area (Å²) in [4.78, 5) is 10.7. The predicted octanol–water partition coefficient (Wildman–Crippen LogP) is 3.40. The van der Waals surface area contributed by atoms with E-state index in [2.05, 4.69) is 21.0 Å². The fraction of sp³-hybridized carbons (Fsp3) is 0.231. The van der Waals surface area contributed by atoms with Gasteiger partial charge in [0, 0.05) is 17.1 Å². The van der Waals surface area contributed by atoms with Gasteiger partial charge >= 0.3 is 0 Å². The SMILES string of the molecule is Cc1nn(C)c(C)c1Oc1ccc(C=O)c(Br)c1. The van der Waals surface area contributed by atoms with Gasteiger partial charge in [0.05, 0.1) is 5.69 Å². The van der Waals surface area contributed by atoms with Gasteiger partial charge in [-0.3, -0.25) is 9.48 Å². The maximum atomic E-state index is 10.7. The highest BCUT2D eigenvalue weighted by Crippen LogP contribution is 2.30. The number of nitrogens with zero attached hydrogens (tertiary/aromatic N) is 2. The monoisotopic (exact) mass is 308 g/mol. The van der Waals surface area contributed by atoms with Crippen LogP contribution in [0.3, 0.4) is 0 Å². The number of hydrogen-bond donors (Lipinski definition) is 0. The van der Waals surface area contributed by atoms with E-state index in [1.165, 1.54) is 0 Å². The van der Waals surface area contributed by atoms with Crippen molar-refractivity contribution in [1.82, 2.24) is 9.78 Å². The number of aromatic nitrogens is 2. The molecule has 0 aliphatic carbocycles. The van der Waals surface area contributed by atoms with Crippen LogP contribution >= 0.6 is 15.9 Å². The van der Waals surface area contributed by atoms with Gasteiger partial charge in [0.15, 0.2) is 12.0 Å². The summed E-state index contributed by atoms with van der Waals surface area (Å²) in [5.41, 5.74) is 2.40. The molecule has 1 aromatic carbocycles. The van der Waals surface area contributed by atoms with Crippen molar-refractivity contribution >= 4 is 22.2 Å². The maximum absolute atomic E-state index is 10.7. The molecule has 4 nitrogen and oxygen atoms in total. The molecule has 0 atom stereocenters. The quantitative estimate of drug-likeness (QED) is 0.816. The van der Waals surface area contributed by atoms with Crippen LogP contribution in [-0.4, -0.2) is 16.1 Å². The molecule has 0 amide bonds. The van der Waals surface area contributed by atoms with Crippen LogP contribution in [0.25, 0.3) is 0 Å². The minimum atomic E-state index is 0.599. The van der Waals surface area contributed by atoms with Crippen LogP contribution in [0.15, 0.2) is 22.7 Å². The van der Waals surface area contributed by atoms with E-state index in [1.807, 2.05) is 20.9 Å². The van der Waals surface area contributed by atoms with Gasteiger partial charge in [-0.15, -0.1) is 0 Å². The van der Waals surface area contributed by atoms with Crippen molar-refractivity contribution < 1.29 is 9.53 Å². The lowest BCUT2D eigenvalue weighted by Gasteiger charge is -2.07. The molecule has 0 bridgehead atoms. The Labute approximate surface area is 114 Å². The number of carbonyl (C=O) groups excluding carboxylic acids is 1. The molecule has 1 heterocycles. The van der Waals surface area contributed by atoms with E-state index in [-0.39, 0.29) is 0 Å². The highest BCUT2D eigenvalue weighted by atomic mass is 79.9. The van der Waals surface area contributed by atoms with Crippen LogP contribution in [0.2, 0.25) is 0 Å². The van der Waals surface area contributed by atoms with Gasteiger partial charge in [0.25, 0.3) is 0 Å². The molecule has 2 aromatic rings. The summed E-state index contributed by atoms with van der Waals surface area (Å²) in [5.74, 6) is 1.43. The van der Waals surface area contributed by atoms with E-state index in [9.17, 15) is 4.79 Å². The van der Waals surface area contributed by atoms with Crippen molar-refractivity contribution in [3.05, 3.63) is 39.6 Å². The third kappa shape index (κ3) is 2.31. The fourth-order valence-corrected chi connectivity index (χ4v) is 2.14. The smallest absolute Gasteiger partial charge is 0.171 e. The van der Waals surface area contributed by atoms with Crippen molar-refractivity contribution in [3.63, 3.8) is 0 Å². The molecule has 0 aliphatic rings. The molecule has 0 radical (unpaired) electrons. The first kappa shape index (κ1) is 12.8. The largest absolute Gasteiger partial charge is 0.453 e. The lowest BCUT2D eigenvalue weighted by atomic mass is 10.2. The third-order valence-corrected chi connectivity index (χ3v) is 3.45. The second kappa shape index (κ2) is 4.94. The lowest BCUT2D eigenvalue weighted by molar-refractivity contribution is 0.112. The van der Waals surface area contributed by atoms with Crippen LogP contribution in [0, 0.1) is 13.8 Å². The normalized spacial score (nSPS) is 10.4. The highest BCUT2D eigenvalue weighted by molar-refractivity contribution is 9.10. The molecule has 0 unspecified atom stereocenters. The van der Waals surface area contributed by atoms with Crippen LogP contribution in [-0.2, 0) is 7.05 Å². The van der Waals surface area contributed by atoms with Crippen molar-refractivity contribution in [3.8, 4) is 11.5 Å². The Morgan fingerprint density at radius 1 is 1.39 bits per heavy atom. The van der Waals surface area contributed by atoms with Gasteiger partial charge in [-0.25, -0.2) is 0 Å². The summed E-state index contributed by atoms with van der Waals surface area (Å²) in [7, 11) is 1.88. The third-order valence-electron chi connectivity index (χ3n) is 2.76. The molecule has 2 rings (SSSR count). The van der Waals surface area contributed by atoms with Crippen molar-refractivity contribution in [2.24, 2.45) is 7.05 Å². The van der Waals surface area contributed by atoms with Gasteiger partial charge in [-0.2, -0.15) is 5.10 Å². The van der Waals surface area contributed by atoms with Gasteiger partial charge < -0.3 is 4.74 Å². The Morgan fingerprint density at radius 3 is 2.61 bits per heavy atom. The first-order valence-electron chi connectivity index (χ1n) is 5.45. The van der Waals surface area contributed by atoms with Crippen molar-refractivity contribution in [2.45, 2.75) is 13.8 Å². The molecule has 18 heavy (non-hydrogen) atoms. The molecule has 0 N–H and O–H groups in total. The van der Waals surface area contributed by atoms with Crippen LogP contribution in [0.4, 0.5) is 0 Å². The molecule has 0 aliphatic heterocycles. The summed E-state index contributed by atoms with van der Waals surface area (Å²) in [6.45, 7) is 3.85. The molecule has 5 heteroatoms.